The first-order chi connectivity index (χ1) is 5.31. The third kappa shape index (κ3) is 1.43. The predicted molar refractivity (Wildman–Crippen MR) is 45.3 cm³/mol. The molecule has 0 fully saturated rings. The van der Waals surface area contributed by atoms with Gasteiger partial charge < -0.3 is 4.98 Å². The Morgan fingerprint density at radius 2 is 2.18 bits per heavy atom. The minimum atomic E-state index is 0.837. The fourth-order valence-electron chi connectivity index (χ4n) is 1.01. The number of terminal acetylenes is 1. The van der Waals surface area contributed by atoms with Gasteiger partial charge in [0.1, 0.15) is 11.5 Å². The molecule has 1 heterocycles. The number of hydrogen-bond acceptors (Lipinski definition) is 1. The summed E-state index contributed by atoms with van der Waals surface area (Å²) in [5.41, 5.74) is 1.84. The van der Waals surface area contributed by atoms with Crippen molar-refractivity contribution in [2.75, 3.05) is 0 Å². The second-order valence-corrected chi connectivity index (χ2v) is 2.36. The van der Waals surface area contributed by atoms with Gasteiger partial charge in [0.15, 0.2) is 0 Å². The lowest BCUT2D eigenvalue weighted by Crippen LogP contribution is -1.83. The van der Waals surface area contributed by atoms with Crippen LogP contribution in [0.15, 0.2) is 0 Å². The van der Waals surface area contributed by atoms with Gasteiger partial charge in [0, 0.05) is 6.42 Å². The summed E-state index contributed by atoms with van der Waals surface area (Å²) >= 11 is 0. The third-order valence-corrected chi connectivity index (χ3v) is 1.64. The van der Waals surface area contributed by atoms with Crippen molar-refractivity contribution in [1.82, 2.24) is 9.97 Å². The summed E-state index contributed by atoms with van der Waals surface area (Å²) < 4.78 is 0. The quantitative estimate of drug-likeness (QED) is 0.633. The molecule has 58 valence electrons. The summed E-state index contributed by atoms with van der Waals surface area (Å²) in [4.78, 5) is 7.40. The Morgan fingerprint density at radius 1 is 1.45 bits per heavy atom. The van der Waals surface area contributed by atoms with Gasteiger partial charge >= 0.3 is 0 Å². The van der Waals surface area contributed by atoms with Crippen LogP contribution in [-0.2, 0) is 12.8 Å². The monoisotopic (exact) mass is 148 g/mol. The first kappa shape index (κ1) is 7.87. The number of H-pyrrole nitrogens is 1. The van der Waals surface area contributed by atoms with Crippen molar-refractivity contribution in [2.45, 2.75) is 26.7 Å². The Hall–Kier alpha value is -1.23. The van der Waals surface area contributed by atoms with E-state index in [-0.39, 0.29) is 0 Å². The molecule has 0 aliphatic heterocycles. The van der Waals surface area contributed by atoms with Crippen LogP contribution in [0.25, 0.3) is 0 Å². The van der Waals surface area contributed by atoms with Crippen LogP contribution in [0.2, 0.25) is 0 Å². The van der Waals surface area contributed by atoms with Crippen molar-refractivity contribution < 1.29 is 0 Å². The van der Waals surface area contributed by atoms with Gasteiger partial charge in [0.2, 0.25) is 0 Å². The van der Waals surface area contributed by atoms with E-state index < -0.39 is 0 Å². The Kier molecular flexibility index (Phi) is 2.32. The van der Waals surface area contributed by atoms with E-state index in [0.717, 1.165) is 30.1 Å². The number of nitrogens with zero attached hydrogens (tertiary/aromatic N) is 1. The van der Waals surface area contributed by atoms with Gasteiger partial charge in [-0.15, -0.1) is 6.42 Å². The minimum absolute atomic E-state index is 0.837. The van der Waals surface area contributed by atoms with E-state index in [0.29, 0.717) is 0 Å². The van der Waals surface area contributed by atoms with Crippen LogP contribution in [0.1, 0.15) is 31.1 Å². The molecule has 0 saturated carbocycles. The number of aromatic nitrogens is 2. The summed E-state index contributed by atoms with van der Waals surface area (Å²) in [5, 5.41) is 0. The Balaban J connectivity index is 3.05. The maximum atomic E-state index is 5.27. The third-order valence-electron chi connectivity index (χ3n) is 1.64. The van der Waals surface area contributed by atoms with Crippen molar-refractivity contribution in [3.05, 3.63) is 17.2 Å². The summed E-state index contributed by atoms with van der Waals surface area (Å²) in [6.07, 6.45) is 7.08. The molecule has 0 unspecified atom stereocenters. The highest BCUT2D eigenvalue weighted by Gasteiger charge is 2.03. The van der Waals surface area contributed by atoms with Gasteiger partial charge in [-0.2, -0.15) is 0 Å². The Morgan fingerprint density at radius 3 is 2.55 bits per heavy atom. The predicted octanol–water partition coefficient (Wildman–Crippen LogP) is 1.52. The molecule has 1 aromatic heterocycles. The molecule has 0 bridgehead atoms. The second-order valence-electron chi connectivity index (χ2n) is 2.36. The maximum Gasteiger partial charge on any atom is 0.112 e. The largest absolute Gasteiger partial charge is 0.335 e. The van der Waals surface area contributed by atoms with E-state index >= 15 is 0 Å². The summed E-state index contributed by atoms with van der Waals surface area (Å²) in [6, 6.07) is 0. The minimum Gasteiger partial charge on any atom is -0.335 e. The summed E-state index contributed by atoms with van der Waals surface area (Å²) in [6.45, 7) is 4.11. The molecule has 11 heavy (non-hydrogen) atoms. The SMILES string of the molecule is C#Cc1[nH]c(CC)nc1CC. The highest BCUT2D eigenvalue weighted by molar-refractivity contribution is 5.30. The molecule has 2 nitrogen and oxygen atoms in total. The highest BCUT2D eigenvalue weighted by atomic mass is 14.9. The van der Waals surface area contributed by atoms with Crippen LogP contribution in [-0.4, -0.2) is 9.97 Å². The standard InChI is InChI=1S/C9H12N2/c1-4-7-8(5-2)11-9(6-3)10-7/h1H,5-6H2,2-3H3,(H,10,11). The van der Waals surface area contributed by atoms with Gasteiger partial charge in [-0.25, -0.2) is 4.98 Å². The molecular formula is C9H12N2. The maximum absolute atomic E-state index is 5.27. The zero-order valence-corrected chi connectivity index (χ0v) is 6.94. The van der Waals surface area contributed by atoms with Crippen molar-refractivity contribution in [1.29, 1.82) is 0 Å². The van der Waals surface area contributed by atoms with Crippen LogP contribution in [0.4, 0.5) is 0 Å². The Labute approximate surface area is 67.0 Å². The van der Waals surface area contributed by atoms with E-state index in [4.69, 9.17) is 6.42 Å². The van der Waals surface area contributed by atoms with E-state index in [1.807, 2.05) is 0 Å². The molecule has 0 amide bonds. The average Bonchev–Trinajstić information content (AvgIpc) is 2.46. The van der Waals surface area contributed by atoms with E-state index in [1.165, 1.54) is 0 Å². The van der Waals surface area contributed by atoms with Crippen molar-refractivity contribution in [3.8, 4) is 12.3 Å². The summed E-state index contributed by atoms with van der Waals surface area (Å²) in [7, 11) is 0. The fraction of sp³-hybridized carbons (Fsp3) is 0.444. The molecule has 1 rings (SSSR count). The zero-order chi connectivity index (χ0) is 8.27. The van der Waals surface area contributed by atoms with E-state index in [2.05, 4.69) is 29.7 Å². The van der Waals surface area contributed by atoms with Gasteiger partial charge in [0.25, 0.3) is 0 Å². The van der Waals surface area contributed by atoms with Crippen LogP contribution in [0, 0.1) is 12.3 Å². The lowest BCUT2D eigenvalue weighted by atomic mass is 10.3. The topological polar surface area (TPSA) is 28.7 Å². The molecule has 0 atom stereocenters. The van der Waals surface area contributed by atoms with E-state index in [1.54, 1.807) is 0 Å². The molecule has 0 aliphatic rings. The van der Waals surface area contributed by atoms with Crippen LogP contribution in [0.3, 0.4) is 0 Å². The molecular weight excluding hydrogens is 136 g/mol. The van der Waals surface area contributed by atoms with Gasteiger partial charge in [0.05, 0.1) is 5.69 Å². The molecule has 0 aromatic carbocycles. The normalized spacial score (nSPS) is 9.55. The molecule has 1 N–H and O–H groups in total. The fourth-order valence-corrected chi connectivity index (χ4v) is 1.01. The number of aryl methyl sites for hydroxylation is 2. The van der Waals surface area contributed by atoms with Crippen LogP contribution in [0.5, 0.6) is 0 Å². The van der Waals surface area contributed by atoms with E-state index in [9.17, 15) is 0 Å². The molecule has 1 aromatic rings. The zero-order valence-electron chi connectivity index (χ0n) is 6.94. The van der Waals surface area contributed by atoms with Crippen LogP contribution >= 0.6 is 0 Å². The smallest absolute Gasteiger partial charge is 0.112 e. The van der Waals surface area contributed by atoms with Gasteiger partial charge in [-0.3, -0.25) is 0 Å². The van der Waals surface area contributed by atoms with Crippen molar-refractivity contribution in [2.24, 2.45) is 0 Å². The van der Waals surface area contributed by atoms with Gasteiger partial charge in [-0.05, 0) is 6.42 Å². The number of rotatable bonds is 2. The number of imidazole rings is 1. The average molecular weight is 148 g/mol. The van der Waals surface area contributed by atoms with Crippen LogP contribution < -0.4 is 0 Å². The first-order valence-corrected chi connectivity index (χ1v) is 3.86. The molecule has 0 aliphatic carbocycles. The first-order valence-electron chi connectivity index (χ1n) is 3.86. The summed E-state index contributed by atoms with van der Waals surface area (Å²) in [5.74, 6) is 3.56. The molecule has 0 spiro atoms. The number of hydrogen-bond donors (Lipinski definition) is 1. The number of aromatic amines is 1. The number of nitrogens with one attached hydrogen (secondary N) is 1. The molecule has 2 heteroatoms. The van der Waals surface area contributed by atoms with Crippen molar-refractivity contribution in [3.63, 3.8) is 0 Å². The lowest BCUT2D eigenvalue weighted by molar-refractivity contribution is 0.963. The lowest BCUT2D eigenvalue weighted by Gasteiger charge is -1.85. The van der Waals surface area contributed by atoms with Gasteiger partial charge in [-0.1, -0.05) is 19.8 Å². The molecule has 0 saturated heterocycles. The van der Waals surface area contributed by atoms with Crippen molar-refractivity contribution >= 4 is 0 Å². The Bertz CT molecular complexity index is 278. The highest BCUT2D eigenvalue weighted by Crippen LogP contribution is 2.05. The molecule has 0 radical (unpaired) electrons. The second kappa shape index (κ2) is 3.25.